The number of nitrogens with one attached hydrogen (secondary N) is 1. The number of rotatable bonds is 4. The second kappa shape index (κ2) is 7.95. The van der Waals surface area contributed by atoms with E-state index in [9.17, 15) is 13.2 Å². The van der Waals surface area contributed by atoms with Gasteiger partial charge in [0.2, 0.25) is 11.6 Å². The maximum atomic E-state index is 14.5. The van der Waals surface area contributed by atoms with E-state index < -0.39 is 23.8 Å². The third kappa shape index (κ3) is 3.48. The summed E-state index contributed by atoms with van der Waals surface area (Å²) >= 11 is 0. The highest BCUT2D eigenvalue weighted by atomic mass is 19.1. The Bertz CT molecular complexity index is 1100. The summed E-state index contributed by atoms with van der Waals surface area (Å²) in [6, 6.07) is 4.62. The first-order valence-corrected chi connectivity index (χ1v) is 9.69. The quantitative estimate of drug-likeness (QED) is 0.656. The van der Waals surface area contributed by atoms with E-state index in [4.69, 9.17) is 6.57 Å². The third-order valence-electron chi connectivity index (χ3n) is 5.59. The number of hydrogen-bond donors (Lipinski definition) is 1. The zero-order valence-electron chi connectivity index (χ0n) is 16.6. The maximum Gasteiger partial charge on any atom is 0.207 e. The minimum Gasteiger partial charge on any atom is -0.340 e. The number of nitrogens with zero attached hydrogens (tertiary/aromatic N) is 5. The number of aromatic nitrogens is 3. The van der Waals surface area contributed by atoms with Gasteiger partial charge in [-0.25, -0.2) is 23.0 Å². The molecule has 3 atom stereocenters. The number of halogens is 3. The lowest BCUT2D eigenvalue weighted by atomic mass is 10.0. The number of pyridine rings is 1. The Balaban J connectivity index is 1.85. The van der Waals surface area contributed by atoms with Crippen molar-refractivity contribution in [2.24, 2.45) is 0 Å². The van der Waals surface area contributed by atoms with Crippen LogP contribution in [0.25, 0.3) is 15.9 Å². The molecule has 6 nitrogen and oxygen atoms in total. The lowest BCUT2D eigenvalue weighted by Crippen LogP contribution is -2.51. The number of alkyl halides is 1. The summed E-state index contributed by atoms with van der Waals surface area (Å²) in [7, 11) is 1.70. The van der Waals surface area contributed by atoms with Gasteiger partial charge in [-0.2, -0.15) is 0 Å². The topological polar surface area (TPSA) is 50.3 Å². The molecule has 1 aliphatic rings. The molecular formula is C21H21F3N6. The third-order valence-corrected chi connectivity index (χ3v) is 5.59. The first kappa shape index (κ1) is 20.2. The molecule has 0 saturated carbocycles. The Morgan fingerprint density at radius 3 is 2.77 bits per heavy atom. The molecule has 0 radical (unpaired) electrons. The predicted octanol–water partition coefficient (Wildman–Crippen LogP) is 4.01. The second-order valence-corrected chi connectivity index (χ2v) is 7.41. The summed E-state index contributed by atoms with van der Waals surface area (Å²) in [5.74, 6) is -1.02. The minimum absolute atomic E-state index is 0.0550. The average molecular weight is 414 g/mol. The van der Waals surface area contributed by atoms with Crippen LogP contribution in [0, 0.1) is 18.2 Å². The Morgan fingerprint density at radius 1 is 1.30 bits per heavy atom. The molecule has 1 aliphatic heterocycles. The summed E-state index contributed by atoms with van der Waals surface area (Å²) in [4.78, 5) is 14.0. The molecule has 1 N–H and O–H groups in total. The largest absolute Gasteiger partial charge is 0.340 e. The van der Waals surface area contributed by atoms with Crippen molar-refractivity contribution in [3.05, 3.63) is 59.2 Å². The fourth-order valence-corrected chi connectivity index (χ4v) is 3.93. The highest BCUT2D eigenvalue weighted by Gasteiger charge is 2.32. The van der Waals surface area contributed by atoms with E-state index in [-0.39, 0.29) is 11.6 Å². The summed E-state index contributed by atoms with van der Waals surface area (Å²) in [6.07, 6.45) is 0.779. The molecule has 0 amide bonds. The second-order valence-electron chi connectivity index (χ2n) is 7.41. The standard InChI is InChI=1S/C21H21F3N6/c1-12(17-5-4-14(25-2)10-27-17)30-19-9-13(22)8-16(24)20(19)28-21(30)29-7-6-15(23)18(11-29)26-3/h4-5,8-10,12,15,18,26H,6-7,11H2,1,3H3/t12-,15+,18+/m0/s1. The van der Waals surface area contributed by atoms with Crippen LogP contribution in [0.4, 0.5) is 24.8 Å². The maximum absolute atomic E-state index is 14.5. The van der Waals surface area contributed by atoms with Crippen molar-refractivity contribution in [1.82, 2.24) is 19.9 Å². The highest BCUT2D eigenvalue weighted by Crippen LogP contribution is 2.33. The van der Waals surface area contributed by atoms with E-state index in [0.29, 0.717) is 42.4 Å². The normalized spacial score (nSPS) is 20.3. The van der Waals surface area contributed by atoms with Gasteiger partial charge in [0.1, 0.15) is 17.5 Å². The molecule has 0 unspecified atom stereocenters. The van der Waals surface area contributed by atoms with Crippen molar-refractivity contribution >= 4 is 22.7 Å². The lowest BCUT2D eigenvalue weighted by Gasteiger charge is -2.36. The van der Waals surface area contributed by atoms with Crippen LogP contribution >= 0.6 is 0 Å². The smallest absolute Gasteiger partial charge is 0.207 e. The van der Waals surface area contributed by atoms with Gasteiger partial charge in [-0.3, -0.25) is 4.98 Å². The molecule has 0 bridgehead atoms. The number of fused-ring (bicyclic) bond motifs is 1. The summed E-state index contributed by atoms with van der Waals surface area (Å²) in [6.45, 7) is 9.69. The van der Waals surface area contributed by atoms with Crippen LogP contribution in [-0.4, -0.2) is 46.9 Å². The number of piperidine rings is 1. The molecule has 3 heterocycles. The van der Waals surface area contributed by atoms with Crippen LogP contribution < -0.4 is 10.2 Å². The van der Waals surface area contributed by atoms with Crippen molar-refractivity contribution in [3.8, 4) is 0 Å². The van der Waals surface area contributed by atoms with Gasteiger partial charge in [0.05, 0.1) is 29.9 Å². The van der Waals surface area contributed by atoms with E-state index in [1.807, 2.05) is 11.8 Å². The van der Waals surface area contributed by atoms with E-state index >= 15 is 0 Å². The molecule has 4 rings (SSSR count). The first-order valence-electron chi connectivity index (χ1n) is 9.69. The Hall–Kier alpha value is -3.12. The van der Waals surface area contributed by atoms with Crippen LogP contribution in [-0.2, 0) is 0 Å². The van der Waals surface area contributed by atoms with E-state index in [0.717, 1.165) is 6.07 Å². The lowest BCUT2D eigenvalue weighted by molar-refractivity contribution is 0.221. The van der Waals surface area contributed by atoms with Crippen LogP contribution in [0.15, 0.2) is 30.5 Å². The Morgan fingerprint density at radius 2 is 2.10 bits per heavy atom. The van der Waals surface area contributed by atoms with Gasteiger partial charge in [0, 0.05) is 31.4 Å². The van der Waals surface area contributed by atoms with Crippen LogP contribution in [0.5, 0.6) is 0 Å². The van der Waals surface area contributed by atoms with Crippen molar-refractivity contribution in [2.75, 3.05) is 25.0 Å². The number of hydrogen-bond acceptors (Lipinski definition) is 4. The fraction of sp³-hybridized carbons (Fsp3) is 0.381. The number of benzene rings is 1. The summed E-state index contributed by atoms with van der Waals surface area (Å²) in [5.41, 5.74) is 1.38. The summed E-state index contributed by atoms with van der Waals surface area (Å²) in [5, 5.41) is 2.97. The number of imidazole rings is 1. The SMILES string of the molecule is [C-]#[N+]c1ccc([C@H](C)n2c(N3CC[C@@H](F)[C@H](NC)C3)nc3c(F)cc(F)cc32)nc1. The Labute approximate surface area is 172 Å². The molecular weight excluding hydrogens is 393 g/mol. The molecule has 30 heavy (non-hydrogen) atoms. The molecule has 9 heteroatoms. The molecule has 0 aliphatic carbocycles. The molecule has 1 aromatic carbocycles. The van der Waals surface area contributed by atoms with Gasteiger partial charge in [-0.1, -0.05) is 6.07 Å². The van der Waals surface area contributed by atoms with Gasteiger partial charge >= 0.3 is 0 Å². The molecule has 1 saturated heterocycles. The Kier molecular flexibility index (Phi) is 5.35. The van der Waals surface area contributed by atoms with E-state index in [1.165, 1.54) is 12.3 Å². The predicted molar refractivity (Wildman–Crippen MR) is 109 cm³/mol. The fourth-order valence-electron chi connectivity index (χ4n) is 3.93. The van der Waals surface area contributed by atoms with Crippen LogP contribution in [0.3, 0.4) is 0 Å². The van der Waals surface area contributed by atoms with Crippen molar-refractivity contribution in [2.45, 2.75) is 31.6 Å². The highest BCUT2D eigenvalue weighted by molar-refractivity contribution is 5.80. The molecule has 156 valence electrons. The van der Waals surface area contributed by atoms with E-state index in [1.54, 1.807) is 23.7 Å². The minimum atomic E-state index is -0.987. The van der Waals surface area contributed by atoms with Gasteiger partial charge in [-0.15, -0.1) is 0 Å². The summed E-state index contributed by atoms with van der Waals surface area (Å²) < 4.78 is 44.5. The average Bonchev–Trinajstić information content (AvgIpc) is 3.13. The molecule has 2 aromatic heterocycles. The monoisotopic (exact) mass is 414 g/mol. The molecule has 0 spiro atoms. The van der Waals surface area contributed by atoms with Crippen molar-refractivity contribution < 1.29 is 13.2 Å². The first-order chi connectivity index (χ1) is 14.4. The van der Waals surface area contributed by atoms with Gasteiger partial charge in [0.25, 0.3) is 0 Å². The zero-order valence-corrected chi connectivity index (χ0v) is 16.6. The number of likely N-dealkylation sites (N-methyl/N-ethyl adjacent to an activating group) is 1. The van der Waals surface area contributed by atoms with E-state index in [2.05, 4.69) is 20.1 Å². The van der Waals surface area contributed by atoms with Crippen molar-refractivity contribution in [1.29, 1.82) is 0 Å². The van der Waals surface area contributed by atoms with Crippen molar-refractivity contribution in [3.63, 3.8) is 0 Å². The van der Waals surface area contributed by atoms with Gasteiger partial charge in [-0.05, 0) is 26.5 Å². The van der Waals surface area contributed by atoms with Crippen LogP contribution in [0.2, 0.25) is 0 Å². The molecule has 3 aromatic rings. The van der Waals surface area contributed by atoms with Crippen LogP contribution in [0.1, 0.15) is 25.1 Å². The number of anilines is 1. The van der Waals surface area contributed by atoms with Gasteiger partial charge in [0.15, 0.2) is 5.82 Å². The molecule has 1 fully saturated rings. The zero-order chi connectivity index (χ0) is 21.4. The van der Waals surface area contributed by atoms with Gasteiger partial charge < -0.3 is 14.8 Å².